The molecule has 0 aromatic heterocycles. The van der Waals surface area contributed by atoms with Gasteiger partial charge in [0.05, 0.1) is 0 Å². The number of phenolic OH excluding ortho intramolecular Hbond substituents is 1. The number of carbonyl (C=O) groups is 1. The lowest BCUT2D eigenvalue weighted by Crippen LogP contribution is -2.28. The Morgan fingerprint density at radius 1 is 0.697 bits per heavy atom. The highest BCUT2D eigenvalue weighted by molar-refractivity contribution is 6.12. The SMILES string of the molecule is CCC(=C1C=C(C(C)(C)C)C(=O)C(C(C)(C)C)=C1)c1cc(C(C)(C)C)c(O)c(C(C)(C)C)c1. The van der Waals surface area contributed by atoms with Crippen LogP contribution in [0.5, 0.6) is 5.75 Å². The molecule has 1 aromatic carbocycles. The predicted molar refractivity (Wildman–Crippen MR) is 143 cm³/mol. The van der Waals surface area contributed by atoms with Crippen molar-refractivity contribution >= 4 is 11.4 Å². The van der Waals surface area contributed by atoms with Gasteiger partial charge in [-0.3, -0.25) is 4.79 Å². The highest BCUT2D eigenvalue weighted by atomic mass is 16.3. The minimum atomic E-state index is -0.242. The molecular formula is C31H46O2. The van der Waals surface area contributed by atoms with Crippen molar-refractivity contribution in [3.05, 3.63) is 57.7 Å². The normalized spacial score (nSPS) is 16.0. The summed E-state index contributed by atoms with van der Waals surface area (Å²) in [6.45, 7) is 27.7. The van der Waals surface area contributed by atoms with Crippen molar-refractivity contribution in [2.24, 2.45) is 10.8 Å². The van der Waals surface area contributed by atoms with Crippen molar-refractivity contribution < 1.29 is 9.90 Å². The van der Waals surface area contributed by atoms with Crippen LogP contribution < -0.4 is 0 Å². The van der Waals surface area contributed by atoms with Crippen molar-refractivity contribution in [2.75, 3.05) is 0 Å². The molecule has 182 valence electrons. The maximum Gasteiger partial charge on any atom is 0.186 e. The molecule has 0 heterocycles. The van der Waals surface area contributed by atoms with Crippen LogP contribution in [0.25, 0.3) is 5.57 Å². The van der Waals surface area contributed by atoms with Gasteiger partial charge in [-0.2, -0.15) is 0 Å². The quantitative estimate of drug-likeness (QED) is 0.489. The molecule has 0 aliphatic heterocycles. The van der Waals surface area contributed by atoms with E-state index in [1.807, 2.05) is 0 Å². The Morgan fingerprint density at radius 3 is 1.33 bits per heavy atom. The van der Waals surface area contributed by atoms with E-state index in [0.717, 1.165) is 39.8 Å². The van der Waals surface area contributed by atoms with Crippen LogP contribution in [0.2, 0.25) is 0 Å². The summed E-state index contributed by atoms with van der Waals surface area (Å²) in [5, 5.41) is 11.2. The largest absolute Gasteiger partial charge is 0.507 e. The number of hydrogen-bond acceptors (Lipinski definition) is 2. The average Bonchev–Trinajstić information content (AvgIpc) is 2.60. The fourth-order valence-corrected chi connectivity index (χ4v) is 4.44. The van der Waals surface area contributed by atoms with Crippen molar-refractivity contribution in [3.63, 3.8) is 0 Å². The van der Waals surface area contributed by atoms with Gasteiger partial charge in [-0.15, -0.1) is 0 Å². The van der Waals surface area contributed by atoms with Crippen LogP contribution in [0, 0.1) is 10.8 Å². The zero-order chi connectivity index (χ0) is 25.7. The minimum absolute atomic E-state index is 0.158. The minimum Gasteiger partial charge on any atom is -0.507 e. The number of rotatable bonds is 2. The van der Waals surface area contributed by atoms with E-state index < -0.39 is 0 Å². The zero-order valence-corrected chi connectivity index (χ0v) is 23.4. The Hall–Kier alpha value is -2.09. The molecule has 0 unspecified atom stereocenters. The van der Waals surface area contributed by atoms with Crippen molar-refractivity contribution in [2.45, 2.75) is 107 Å². The maximum absolute atomic E-state index is 13.4. The molecule has 33 heavy (non-hydrogen) atoms. The molecule has 0 saturated carbocycles. The summed E-state index contributed by atoms with van der Waals surface area (Å²) in [5.74, 6) is 0.556. The highest BCUT2D eigenvalue weighted by Gasteiger charge is 2.35. The van der Waals surface area contributed by atoms with Gasteiger partial charge in [-0.25, -0.2) is 0 Å². The predicted octanol–water partition coefficient (Wildman–Crippen LogP) is 8.68. The van der Waals surface area contributed by atoms with Crippen molar-refractivity contribution in [1.29, 1.82) is 0 Å². The number of benzene rings is 1. The third-order valence-corrected chi connectivity index (χ3v) is 6.48. The van der Waals surface area contributed by atoms with Gasteiger partial charge < -0.3 is 5.11 Å². The summed E-state index contributed by atoms with van der Waals surface area (Å²) in [6, 6.07) is 4.31. The number of allylic oxidation sites excluding steroid dienone is 6. The van der Waals surface area contributed by atoms with Crippen LogP contribution in [-0.2, 0) is 15.6 Å². The first kappa shape index (κ1) is 27.2. The smallest absolute Gasteiger partial charge is 0.186 e. The number of hydrogen-bond donors (Lipinski definition) is 1. The lowest BCUT2D eigenvalue weighted by molar-refractivity contribution is -0.114. The first-order chi connectivity index (χ1) is 14.7. The van der Waals surface area contributed by atoms with Gasteiger partial charge in [0.15, 0.2) is 5.78 Å². The standard InChI is InChI=1S/C31H46O2/c1-14-21(19-15-22(28(2,3)4)26(32)23(16-19)29(5,6)7)20-17-24(30(8,9)10)27(33)25(18-20)31(11,12)13/h15-18,32H,14H2,1-13H3. The summed E-state index contributed by atoms with van der Waals surface area (Å²) >= 11 is 0. The van der Waals surface area contributed by atoms with Gasteiger partial charge in [0, 0.05) is 22.3 Å². The molecule has 1 aliphatic carbocycles. The van der Waals surface area contributed by atoms with E-state index in [1.54, 1.807) is 0 Å². The summed E-state index contributed by atoms with van der Waals surface area (Å²) in [6.07, 6.45) is 5.05. The Bertz CT molecular complexity index is 959. The molecule has 0 atom stereocenters. The van der Waals surface area contributed by atoms with Crippen LogP contribution >= 0.6 is 0 Å². The monoisotopic (exact) mass is 450 g/mol. The molecule has 1 N–H and O–H groups in total. The molecule has 0 saturated heterocycles. The van der Waals surface area contributed by atoms with E-state index in [0.29, 0.717) is 5.75 Å². The van der Waals surface area contributed by atoms with Crippen molar-refractivity contribution in [3.8, 4) is 5.75 Å². The summed E-state index contributed by atoms with van der Waals surface area (Å²) in [7, 11) is 0. The molecule has 2 rings (SSSR count). The third-order valence-electron chi connectivity index (χ3n) is 6.48. The molecule has 2 nitrogen and oxygen atoms in total. The summed E-state index contributed by atoms with van der Waals surface area (Å²) < 4.78 is 0. The van der Waals surface area contributed by atoms with Crippen LogP contribution in [0.3, 0.4) is 0 Å². The number of carbonyl (C=O) groups excluding carboxylic acids is 1. The first-order valence-corrected chi connectivity index (χ1v) is 12.3. The van der Waals surface area contributed by atoms with Crippen LogP contribution in [0.4, 0.5) is 0 Å². The van der Waals surface area contributed by atoms with Gasteiger partial charge in [0.1, 0.15) is 5.75 Å². The molecule has 0 fully saturated rings. The van der Waals surface area contributed by atoms with E-state index >= 15 is 0 Å². The zero-order valence-electron chi connectivity index (χ0n) is 23.4. The van der Waals surface area contributed by atoms with Gasteiger partial charge >= 0.3 is 0 Å². The maximum atomic E-state index is 13.4. The second kappa shape index (κ2) is 8.60. The lowest BCUT2D eigenvalue weighted by Gasteiger charge is -2.32. The van der Waals surface area contributed by atoms with Crippen LogP contribution in [0.15, 0.2) is 41.0 Å². The van der Waals surface area contributed by atoms with Gasteiger partial charge in [-0.05, 0) is 69.1 Å². The van der Waals surface area contributed by atoms with E-state index in [-0.39, 0.29) is 27.4 Å². The van der Waals surface area contributed by atoms with Gasteiger partial charge in [0.25, 0.3) is 0 Å². The number of aromatic hydroxyl groups is 1. The number of ketones is 1. The van der Waals surface area contributed by atoms with E-state index in [4.69, 9.17) is 0 Å². The van der Waals surface area contributed by atoms with Gasteiger partial charge in [-0.1, -0.05) is 90.0 Å². The van der Waals surface area contributed by atoms with Crippen LogP contribution in [-0.4, -0.2) is 10.9 Å². The first-order valence-electron chi connectivity index (χ1n) is 12.3. The van der Waals surface area contributed by atoms with E-state index in [1.165, 1.54) is 5.57 Å². The lowest BCUT2D eigenvalue weighted by atomic mass is 9.71. The second-order valence-electron chi connectivity index (χ2n) is 13.7. The second-order valence-corrected chi connectivity index (χ2v) is 13.7. The molecule has 2 heteroatoms. The fourth-order valence-electron chi connectivity index (χ4n) is 4.44. The average molecular weight is 451 g/mol. The topological polar surface area (TPSA) is 37.3 Å². The Balaban J connectivity index is 2.99. The summed E-state index contributed by atoms with van der Waals surface area (Å²) in [5.41, 5.74) is 6.23. The molecule has 1 aliphatic rings. The Morgan fingerprint density at radius 2 is 1.06 bits per heavy atom. The van der Waals surface area contributed by atoms with E-state index in [9.17, 15) is 9.90 Å². The Labute approximate surface area is 202 Å². The molecular weight excluding hydrogens is 404 g/mol. The number of Topliss-reactive ketones (excluding diaryl/α,β-unsaturated/α-hetero) is 1. The van der Waals surface area contributed by atoms with E-state index in [2.05, 4.69) is 114 Å². The highest BCUT2D eigenvalue weighted by Crippen LogP contribution is 2.44. The molecule has 1 aromatic rings. The number of phenols is 1. The molecule has 0 bridgehead atoms. The molecule has 0 spiro atoms. The third kappa shape index (κ3) is 5.70. The van der Waals surface area contributed by atoms with Crippen LogP contribution in [0.1, 0.15) is 113 Å². The van der Waals surface area contributed by atoms with Crippen molar-refractivity contribution in [1.82, 2.24) is 0 Å². The van der Waals surface area contributed by atoms with Gasteiger partial charge in [0.2, 0.25) is 0 Å². The molecule has 0 radical (unpaired) electrons. The summed E-state index contributed by atoms with van der Waals surface area (Å²) in [4.78, 5) is 13.4. The fraction of sp³-hybridized carbons (Fsp3) is 0.581. The Kier molecular flexibility index (Phi) is 7.08. The molecule has 0 amide bonds.